The number of aryl methyl sites for hydroxylation is 2. The van der Waals surface area contributed by atoms with Gasteiger partial charge in [-0.2, -0.15) is 0 Å². The topological polar surface area (TPSA) is 26.3 Å². The molecule has 0 amide bonds. The molecule has 3 rings (SSSR count). The standard InChI is InChI=1S/C30H36O2/c1-3-5-7-9-11-25-12-16-26(17-13-25)27-20-22-29(23-21-27)32-30(31)28-18-14-24(15-19-28)10-8-6-4-2/h12-23H,3-11H2,1-2H3. The van der Waals surface area contributed by atoms with Crippen molar-refractivity contribution in [2.75, 3.05) is 0 Å². The van der Waals surface area contributed by atoms with E-state index in [4.69, 9.17) is 4.74 Å². The zero-order chi connectivity index (χ0) is 22.6. The molecule has 0 N–H and O–H groups in total. The molecule has 0 saturated carbocycles. The van der Waals surface area contributed by atoms with Crippen LogP contribution < -0.4 is 4.74 Å². The zero-order valence-electron chi connectivity index (χ0n) is 19.6. The van der Waals surface area contributed by atoms with Crippen LogP contribution in [0, 0.1) is 0 Å². The van der Waals surface area contributed by atoms with E-state index in [1.807, 2.05) is 48.5 Å². The van der Waals surface area contributed by atoms with Crippen LogP contribution in [0.4, 0.5) is 0 Å². The van der Waals surface area contributed by atoms with Gasteiger partial charge >= 0.3 is 5.97 Å². The molecule has 3 aromatic rings. The molecule has 3 aromatic carbocycles. The van der Waals surface area contributed by atoms with E-state index in [-0.39, 0.29) is 5.97 Å². The molecule has 0 unspecified atom stereocenters. The zero-order valence-corrected chi connectivity index (χ0v) is 19.6. The van der Waals surface area contributed by atoms with Gasteiger partial charge in [0.2, 0.25) is 0 Å². The lowest BCUT2D eigenvalue weighted by Gasteiger charge is -2.08. The lowest BCUT2D eigenvalue weighted by atomic mass is 10.0. The van der Waals surface area contributed by atoms with Crippen molar-refractivity contribution in [2.45, 2.75) is 71.6 Å². The summed E-state index contributed by atoms with van der Waals surface area (Å²) in [5.41, 5.74) is 5.55. The molecular formula is C30H36O2. The second-order valence-electron chi connectivity index (χ2n) is 8.58. The first-order chi connectivity index (χ1) is 15.7. The number of carbonyl (C=O) groups excluding carboxylic acids is 1. The minimum Gasteiger partial charge on any atom is -0.423 e. The average molecular weight is 429 g/mol. The highest BCUT2D eigenvalue weighted by molar-refractivity contribution is 5.91. The van der Waals surface area contributed by atoms with Gasteiger partial charge in [0.25, 0.3) is 0 Å². The summed E-state index contributed by atoms with van der Waals surface area (Å²) < 4.78 is 5.57. The minimum absolute atomic E-state index is 0.315. The first-order valence-electron chi connectivity index (χ1n) is 12.2. The summed E-state index contributed by atoms with van der Waals surface area (Å²) in [5.74, 6) is 0.253. The van der Waals surface area contributed by atoms with Gasteiger partial charge in [0.05, 0.1) is 5.56 Å². The lowest BCUT2D eigenvalue weighted by Crippen LogP contribution is -2.08. The molecule has 0 heterocycles. The molecule has 2 nitrogen and oxygen atoms in total. The fourth-order valence-electron chi connectivity index (χ4n) is 3.89. The molecule has 0 aliphatic rings. The van der Waals surface area contributed by atoms with Gasteiger partial charge in [-0.3, -0.25) is 0 Å². The fourth-order valence-corrected chi connectivity index (χ4v) is 3.89. The van der Waals surface area contributed by atoms with Crippen LogP contribution in [0.25, 0.3) is 11.1 Å². The third-order valence-electron chi connectivity index (χ3n) is 5.93. The number of rotatable bonds is 12. The van der Waals surface area contributed by atoms with Crippen molar-refractivity contribution in [3.63, 3.8) is 0 Å². The van der Waals surface area contributed by atoms with Crippen LogP contribution in [0.3, 0.4) is 0 Å². The molecule has 0 atom stereocenters. The molecule has 0 saturated heterocycles. The Morgan fingerprint density at radius 3 is 1.62 bits per heavy atom. The van der Waals surface area contributed by atoms with E-state index >= 15 is 0 Å². The Kier molecular flexibility index (Phi) is 9.56. The molecule has 2 heteroatoms. The Morgan fingerprint density at radius 1 is 0.594 bits per heavy atom. The molecule has 0 aliphatic carbocycles. The number of unbranched alkanes of at least 4 members (excludes halogenated alkanes) is 5. The Balaban J connectivity index is 1.53. The Labute approximate surface area is 193 Å². The SMILES string of the molecule is CCCCCCc1ccc(-c2ccc(OC(=O)c3ccc(CCCCC)cc3)cc2)cc1. The highest BCUT2D eigenvalue weighted by atomic mass is 16.5. The van der Waals surface area contributed by atoms with Crippen molar-refractivity contribution >= 4 is 5.97 Å². The second-order valence-corrected chi connectivity index (χ2v) is 8.58. The number of hydrogen-bond donors (Lipinski definition) is 0. The van der Waals surface area contributed by atoms with Gasteiger partial charge in [0.1, 0.15) is 5.75 Å². The van der Waals surface area contributed by atoms with Gasteiger partial charge in [-0.15, -0.1) is 0 Å². The van der Waals surface area contributed by atoms with Gasteiger partial charge in [-0.05, 0) is 72.2 Å². The van der Waals surface area contributed by atoms with E-state index in [1.54, 1.807) is 0 Å². The normalized spacial score (nSPS) is 10.8. The number of ether oxygens (including phenoxy) is 1. The first kappa shape index (κ1) is 23.8. The third-order valence-corrected chi connectivity index (χ3v) is 5.93. The van der Waals surface area contributed by atoms with E-state index in [0.29, 0.717) is 11.3 Å². The van der Waals surface area contributed by atoms with Gasteiger partial charge in [-0.25, -0.2) is 4.79 Å². The number of esters is 1. The van der Waals surface area contributed by atoms with E-state index in [0.717, 1.165) is 18.4 Å². The molecular weight excluding hydrogens is 392 g/mol. The number of carbonyl (C=O) groups is 1. The van der Waals surface area contributed by atoms with E-state index in [9.17, 15) is 4.79 Å². The molecule has 0 aromatic heterocycles. The molecule has 0 aliphatic heterocycles. The second kappa shape index (κ2) is 12.9. The van der Waals surface area contributed by atoms with Crippen LogP contribution in [-0.4, -0.2) is 5.97 Å². The average Bonchev–Trinajstić information content (AvgIpc) is 2.83. The van der Waals surface area contributed by atoms with E-state index < -0.39 is 0 Å². The summed E-state index contributed by atoms with van der Waals surface area (Å²) in [6.45, 7) is 4.45. The molecule has 0 radical (unpaired) electrons. The minimum atomic E-state index is -0.315. The highest BCUT2D eigenvalue weighted by Gasteiger charge is 2.09. The molecule has 32 heavy (non-hydrogen) atoms. The third kappa shape index (κ3) is 7.37. The van der Waals surface area contributed by atoms with Gasteiger partial charge in [0.15, 0.2) is 0 Å². The first-order valence-corrected chi connectivity index (χ1v) is 12.2. The van der Waals surface area contributed by atoms with Crippen molar-refractivity contribution in [3.05, 3.63) is 89.5 Å². The Hall–Kier alpha value is -2.87. The summed E-state index contributed by atoms with van der Waals surface area (Å²) in [6, 6.07) is 24.3. The predicted molar refractivity (Wildman–Crippen MR) is 134 cm³/mol. The molecule has 0 spiro atoms. The molecule has 168 valence electrons. The largest absolute Gasteiger partial charge is 0.423 e. The maximum Gasteiger partial charge on any atom is 0.343 e. The summed E-state index contributed by atoms with van der Waals surface area (Å²) in [6.07, 6.45) is 11.0. The summed E-state index contributed by atoms with van der Waals surface area (Å²) in [7, 11) is 0. The van der Waals surface area contributed by atoms with Crippen molar-refractivity contribution in [2.24, 2.45) is 0 Å². The summed E-state index contributed by atoms with van der Waals surface area (Å²) in [4.78, 5) is 12.5. The number of hydrogen-bond acceptors (Lipinski definition) is 2. The van der Waals surface area contributed by atoms with Crippen LogP contribution >= 0.6 is 0 Å². The van der Waals surface area contributed by atoms with Crippen LogP contribution in [0.15, 0.2) is 72.8 Å². The van der Waals surface area contributed by atoms with Crippen molar-refractivity contribution in [1.29, 1.82) is 0 Å². The van der Waals surface area contributed by atoms with Crippen LogP contribution in [0.2, 0.25) is 0 Å². The quantitative estimate of drug-likeness (QED) is 0.164. The highest BCUT2D eigenvalue weighted by Crippen LogP contribution is 2.24. The van der Waals surface area contributed by atoms with Gasteiger partial charge < -0.3 is 4.74 Å². The van der Waals surface area contributed by atoms with Crippen LogP contribution in [0.5, 0.6) is 5.75 Å². The van der Waals surface area contributed by atoms with Crippen molar-refractivity contribution < 1.29 is 9.53 Å². The van der Waals surface area contributed by atoms with Crippen molar-refractivity contribution in [3.8, 4) is 16.9 Å². The summed E-state index contributed by atoms with van der Waals surface area (Å²) in [5, 5.41) is 0. The van der Waals surface area contributed by atoms with Crippen LogP contribution in [0.1, 0.15) is 80.3 Å². The maximum absolute atomic E-state index is 12.5. The maximum atomic E-state index is 12.5. The monoisotopic (exact) mass is 428 g/mol. The lowest BCUT2D eigenvalue weighted by molar-refractivity contribution is 0.0735. The predicted octanol–water partition coefficient (Wildman–Crippen LogP) is 8.43. The number of benzene rings is 3. The van der Waals surface area contributed by atoms with Crippen LogP contribution in [-0.2, 0) is 12.8 Å². The smallest absolute Gasteiger partial charge is 0.343 e. The Bertz CT molecular complexity index is 938. The van der Waals surface area contributed by atoms with Gasteiger partial charge in [0, 0.05) is 0 Å². The molecule has 0 bridgehead atoms. The summed E-state index contributed by atoms with van der Waals surface area (Å²) >= 11 is 0. The van der Waals surface area contributed by atoms with E-state index in [1.165, 1.54) is 61.6 Å². The van der Waals surface area contributed by atoms with Crippen molar-refractivity contribution in [1.82, 2.24) is 0 Å². The fraction of sp³-hybridized carbons (Fsp3) is 0.367. The van der Waals surface area contributed by atoms with E-state index in [2.05, 4.69) is 38.1 Å². The van der Waals surface area contributed by atoms with Gasteiger partial charge in [-0.1, -0.05) is 94.5 Å². The Morgan fingerprint density at radius 2 is 1.06 bits per heavy atom. The molecule has 0 fully saturated rings.